The van der Waals surface area contributed by atoms with Crippen LogP contribution < -0.4 is 5.73 Å². The van der Waals surface area contributed by atoms with Crippen molar-refractivity contribution in [3.8, 4) is 10.4 Å². The van der Waals surface area contributed by atoms with Crippen molar-refractivity contribution in [1.29, 1.82) is 0 Å². The summed E-state index contributed by atoms with van der Waals surface area (Å²) in [6.45, 7) is 0. The first-order chi connectivity index (χ1) is 14.8. The molecule has 168 valence electrons. The van der Waals surface area contributed by atoms with Crippen LogP contribution in [0.2, 0.25) is 10.0 Å². The fourth-order valence-corrected chi connectivity index (χ4v) is 4.56. The van der Waals surface area contributed by atoms with E-state index in [4.69, 9.17) is 28.9 Å². The van der Waals surface area contributed by atoms with Crippen LogP contribution in [0.15, 0.2) is 76.3 Å². The Balaban J connectivity index is 2.12. The van der Waals surface area contributed by atoms with Gasteiger partial charge in [-0.25, -0.2) is 13.4 Å². The van der Waals surface area contributed by atoms with Crippen molar-refractivity contribution in [2.75, 3.05) is 6.26 Å². The molecule has 0 saturated heterocycles. The third kappa shape index (κ3) is 5.92. The van der Waals surface area contributed by atoms with E-state index >= 15 is 0 Å². The molecule has 0 atom stereocenters. The molecule has 0 aliphatic carbocycles. The first-order valence-electron chi connectivity index (χ1n) is 8.83. The first-order valence-corrected chi connectivity index (χ1v) is 12.3. The molecule has 0 spiro atoms. The third-order valence-corrected chi connectivity index (χ3v) is 7.00. The number of thiophene rings is 1. The second-order valence-electron chi connectivity index (χ2n) is 6.65. The number of halogens is 5. The van der Waals surface area contributed by atoms with Gasteiger partial charge in [-0.3, -0.25) is 0 Å². The van der Waals surface area contributed by atoms with Gasteiger partial charge in [0.05, 0.1) is 26.2 Å². The van der Waals surface area contributed by atoms with Crippen molar-refractivity contribution in [3.05, 3.63) is 81.3 Å². The number of hydrogen-bond acceptors (Lipinski definition) is 5. The van der Waals surface area contributed by atoms with E-state index in [0.717, 1.165) is 23.7 Å². The lowest BCUT2D eigenvalue weighted by atomic mass is 10.2. The predicted molar refractivity (Wildman–Crippen MR) is 124 cm³/mol. The van der Waals surface area contributed by atoms with Crippen molar-refractivity contribution in [2.45, 2.75) is 11.1 Å². The SMILES string of the molecule is CS(=O)(=O)c1cccc(-c2ccc(C(/C=C(\N)C(F)(F)F)=Nc3cc(Cl)ccc3Cl)s2)c1. The Bertz CT molecular complexity index is 1330. The predicted octanol–water partition coefficient (Wildman–Crippen LogP) is 6.65. The number of benzene rings is 2. The van der Waals surface area contributed by atoms with Crippen LogP contribution in [0.3, 0.4) is 0 Å². The van der Waals surface area contributed by atoms with Gasteiger partial charge in [0.2, 0.25) is 0 Å². The van der Waals surface area contributed by atoms with Crippen LogP contribution in [0.25, 0.3) is 10.4 Å². The Hall–Kier alpha value is -2.33. The summed E-state index contributed by atoms with van der Waals surface area (Å²) < 4.78 is 62.9. The van der Waals surface area contributed by atoms with Crippen LogP contribution >= 0.6 is 34.5 Å². The van der Waals surface area contributed by atoms with Crippen molar-refractivity contribution in [3.63, 3.8) is 0 Å². The Morgan fingerprint density at radius 1 is 1.09 bits per heavy atom. The molecular weight excluding hydrogens is 504 g/mol. The number of aliphatic imine (C=N–C) groups is 1. The van der Waals surface area contributed by atoms with Crippen LogP contribution in [0.5, 0.6) is 0 Å². The third-order valence-electron chi connectivity index (χ3n) is 4.17. The maximum atomic E-state index is 13.1. The van der Waals surface area contributed by atoms with Gasteiger partial charge in [0.1, 0.15) is 5.70 Å². The van der Waals surface area contributed by atoms with Gasteiger partial charge >= 0.3 is 6.18 Å². The highest BCUT2D eigenvalue weighted by molar-refractivity contribution is 7.90. The van der Waals surface area contributed by atoms with Crippen molar-refractivity contribution in [2.24, 2.45) is 10.7 Å². The summed E-state index contributed by atoms with van der Waals surface area (Å²) in [5.74, 6) is 0. The standard InChI is InChI=1S/C21H15Cl2F3N2O2S2/c1-32(29,30)14-4-2-3-12(9-14)18-7-8-19(31-18)17(11-20(27)21(24,25)26)28-16-10-13(22)5-6-15(16)23/h2-11H,27H2,1H3/b20-11-,28-17?. The quantitative estimate of drug-likeness (QED) is 0.384. The number of allylic oxidation sites excluding steroid dienone is 2. The lowest BCUT2D eigenvalue weighted by molar-refractivity contribution is -0.0925. The van der Waals surface area contributed by atoms with Crippen molar-refractivity contribution < 1.29 is 21.6 Å². The summed E-state index contributed by atoms with van der Waals surface area (Å²) >= 11 is 13.2. The molecule has 0 unspecified atom stereocenters. The zero-order chi connectivity index (χ0) is 23.7. The summed E-state index contributed by atoms with van der Waals surface area (Å²) in [7, 11) is -3.42. The molecular formula is C21H15Cl2F3N2O2S2. The summed E-state index contributed by atoms with van der Waals surface area (Å²) in [6.07, 6.45) is -2.93. The monoisotopic (exact) mass is 518 g/mol. The van der Waals surface area contributed by atoms with Gasteiger partial charge in [-0.15, -0.1) is 11.3 Å². The molecule has 2 N–H and O–H groups in total. The van der Waals surface area contributed by atoms with E-state index in [2.05, 4.69) is 4.99 Å². The summed E-state index contributed by atoms with van der Waals surface area (Å²) in [6, 6.07) is 13.9. The minimum Gasteiger partial charge on any atom is -0.395 e. The van der Waals surface area contributed by atoms with Crippen LogP contribution in [0.1, 0.15) is 4.88 Å². The molecule has 32 heavy (non-hydrogen) atoms. The minimum absolute atomic E-state index is 0.0699. The maximum Gasteiger partial charge on any atom is 0.430 e. The van der Waals surface area contributed by atoms with Crippen LogP contribution in [-0.2, 0) is 9.84 Å². The van der Waals surface area contributed by atoms with E-state index in [9.17, 15) is 21.6 Å². The Labute approximate surface area is 196 Å². The molecule has 2 aromatic carbocycles. The largest absolute Gasteiger partial charge is 0.430 e. The molecule has 11 heteroatoms. The molecule has 0 aliphatic heterocycles. The zero-order valence-electron chi connectivity index (χ0n) is 16.3. The summed E-state index contributed by atoms with van der Waals surface area (Å²) in [5, 5.41) is 0.508. The lowest BCUT2D eigenvalue weighted by Gasteiger charge is -2.08. The Morgan fingerprint density at radius 2 is 1.81 bits per heavy atom. The lowest BCUT2D eigenvalue weighted by Crippen LogP contribution is -2.20. The number of rotatable bonds is 5. The average molecular weight is 519 g/mol. The fourth-order valence-electron chi connectivity index (χ4n) is 2.60. The highest BCUT2D eigenvalue weighted by Gasteiger charge is 2.32. The number of nitrogens with two attached hydrogens (primary N) is 1. The fraction of sp³-hybridized carbons (Fsp3) is 0.0952. The van der Waals surface area contributed by atoms with E-state index in [0.29, 0.717) is 20.3 Å². The Kier molecular flexibility index (Phi) is 7.04. The van der Waals surface area contributed by atoms with Crippen molar-refractivity contribution >= 4 is 55.8 Å². The molecule has 0 aliphatic rings. The van der Waals surface area contributed by atoms with E-state index in [1.165, 1.54) is 30.3 Å². The number of hydrogen-bond donors (Lipinski definition) is 1. The molecule has 0 amide bonds. The van der Waals surface area contributed by atoms with Gasteiger partial charge in [0, 0.05) is 16.2 Å². The summed E-state index contributed by atoms with van der Waals surface area (Å²) in [5.41, 5.74) is 4.60. The number of nitrogens with zero attached hydrogens (tertiary/aromatic N) is 1. The summed E-state index contributed by atoms with van der Waals surface area (Å²) in [4.78, 5) is 5.40. The highest BCUT2D eigenvalue weighted by Crippen LogP contribution is 2.34. The number of alkyl halides is 3. The van der Waals surface area contributed by atoms with Gasteiger partial charge in [-0.2, -0.15) is 13.2 Å². The van der Waals surface area contributed by atoms with Gasteiger partial charge in [0.15, 0.2) is 9.84 Å². The van der Waals surface area contributed by atoms with Gasteiger partial charge in [-0.1, -0.05) is 35.3 Å². The second-order valence-corrected chi connectivity index (χ2v) is 10.6. The van der Waals surface area contributed by atoms with E-state index in [1.54, 1.807) is 24.3 Å². The van der Waals surface area contributed by atoms with E-state index < -0.39 is 21.7 Å². The topological polar surface area (TPSA) is 72.5 Å². The molecule has 1 aromatic heterocycles. The Morgan fingerprint density at radius 3 is 2.47 bits per heavy atom. The van der Waals surface area contributed by atoms with Crippen LogP contribution in [0.4, 0.5) is 18.9 Å². The minimum atomic E-state index is -4.75. The molecule has 4 nitrogen and oxygen atoms in total. The highest BCUT2D eigenvalue weighted by atomic mass is 35.5. The number of sulfone groups is 1. The first kappa shape index (κ1) is 24.3. The van der Waals surface area contributed by atoms with Gasteiger partial charge in [0.25, 0.3) is 0 Å². The van der Waals surface area contributed by atoms with Gasteiger partial charge in [-0.05, 0) is 54.1 Å². The zero-order valence-corrected chi connectivity index (χ0v) is 19.5. The molecule has 0 bridgehead atoms. The molecule has 0 saturated carbocycles. The smallest absolute Gasteiger partial charge is 0.395 e. The normalized spacial score (nSPS) is 13.4. The average Bonchev–Trinajstić information content (AvgIpc) is 3.19. The maximum absolute atomic E-state index is 13.1. The van der Waals surface area contributed by atoms with E-state index in [1.807, 2.05) is 0 Å². The van der Waals surface area contributed by atoms with E-state index in [-0.39, 0.29) is 21.3 Å². The second kappa shape index (κ2) is 9.27. The van der Waals surface area contributed by atoms with Crippen molar-refractivity contribution in [1.82, 2.24) is 0 Å². The molecule has 1 heterocycles. The van der Waals surface area contributed by atoms with Crippen LogP contribution in [-0.4, -0.2) is 26.6 Å². The van der Waals surface area contributed by atoms with Crippen LogP contribution in [0, 0.1) is 0 Å². The molecule has 0 fully saturated rings. The molecule has 3 rings (SSSR count). The van der Waals surface area contributed by atoms with Gasteiger partial charge < -0.3 is 5.73 Å². The molecule has 3 aromatic rings. The molecule has 0 radical (unpaired) electrons.